The summed E-state index contributed by atoms with van der Waals surface area (Å²) in [6.07, 6.45) is 4.17. The molecule has 10 heteroatoms. The van der Waals surface area contributed by atoms with E-state index in [1.54, 1.807) is 10.7 Å². The number of ketones is 1. The first kappa shape index (κ1) is 24.3. The van der Waals surface area contributed by atoms with Gasteiger partial charge in [-0.15, -0.1) is 5.10 Å². The molecule has 0 spiro atoms. The highest BCUT2D eigenvalue weighted by molar-refractivity contribution is 6.15. The number of rotatable bonds is 7. The van der Waals surface area contributed by atoms with Crippen molar-refractivity contribution in [1.82, 2.24) is 29.8 Å². The fourth-order valence-corrected chi connectivity index (χ4v) is 5.46. The van der Waals surface area contributed by atoms with Crippen molar-refractivity contribution in [2.45, 2.75) is 31.3 Å². The lowest BCUT2D eigenvalue weighted by Crippen LogP contribution is -2.51. The predicted octanol–water partition coefficient (Wildman–Crippen LogP) is 2.67. The standard InChI is InChI=1S/C28H30N8O2/c1-34-14-5-8-21(34)18-38-28-32-27(35-15-13-30-20(17-35)11-12-29)26-31-16-24(36(26)33-28)25(37)23-10-4-7-19-6-2-3-9-22(19)23/h2-4,6-7,9-10,16,20-21,30H,5,8,11,13-15,17-18H2,1H3. The Bertz CT molecular complexity index is 1520. The van der Waals surface area contributed by atoms with Gasteiger partial charge in [0.2, 0.25) is 5.78 Å². The maximum Gasteiger partial charge on any atom is 0.336 e. The number of carbonyl (C=O) groups is 1. The molecule has 1 N–H and O–H groups in total. The first-order chi connectivity index (χ1) is 18.6. The molecular formula is C28H30N8O2. The molecule has 194 valence electrons. The van der Waals surface area contributed by atoms with Crippen LogP contribution >= 0.6 is 0 Å². The number of likely N-dealkylation sites (N-methyl/N-ethyl adjacent to an activating group) is 1. The molecule has 0 bridgehead atoms. The number of imidazole rings is 1. The largest absolute Gasteiger partial charge is 0.461 e. The number of aromatic nitrogens is 4. The van der Waals surface area contributed by atoms with Gasteiger partial charge in [-0.3, -0.25) is 4.79 Å². The summed E-state index contributed by atoms with van der Waals surface area (Å²) < 4.78 is 7.71. The summed E-state index contributed by atoms with van der Waals surface area (Å²) in [5.74, 6) is 0.444. The number of anilines is 1. The van der Waals surface area contributed by atoms with Crippen LogP contribution in [0.4, 0.5) is 5.82 Å². The highest BCUT2D eigenvalue weighted by atomic mass is 16.5. The summed E-state index contributed by atoms with van der Waals surface area (Å²) in [4.78, 5) is 27.6. The quantitative estimate of drug-likeness (QED) is 0.375. The highest BCUT2D eigenvalue weighted by Crippen LogP contribution is 2.26. The van der Waals surface area contributed by atoms with Crippen molar-refractivity contribution in [1.29, 1.82) is 5.26 Å². The van der Waals surface area contributed by atoms with Crippen molar-refractivity contribution in [3.63, 3.8) is 0 Å². The van der Waals surface area contributed by atoms with Gasteiger partial charge in [0.1, 0.15) is 12.3 Å². The van der Waals surface area contributed by atoms with Gasteiger partial charge >= 0.3 is 6.01 Å². The first-order valence-electron chi connectivity index (χ1n) is 13.1. The minimum absolute atomic E-state index is 0.0204. The average Bonchev–Trinajstić information content (AvgIpc) is 3.57. The molecule has 2 fully saturated rings. The van der Waals surface area contributed by atoms with E-state index in [9.17, 15) is 10.1 Å². The molecule has 0 radical (unpaired) electrons. The second-order valence-corrected chi connectivity index (χ2v) is 10.00. The van der Waals surface area contributed by atoms with Crippen molar-refractivity contribution in [3.8, 4) is 12.1 Å². The lowest BCUT2D eigenvalue weighted by atomic mass is 10.0. The Hall–Kier alpha value is -4.07. The van der Waals surface area contributed by atoms with Gasteiger partial charge in [-0.2, -0.15) is 10.2 Å². The van der Waals surface area contributed by atoms with Gasteiger partial charge in [-0.05, 0) is 37.2 Å². The van der Waals surface area contributed by atoms with Crippen LogP contribution in [0.15, 0.2) is 48.7 Å². The van der Waals surface area contributed by atoms with Crippen molar-refractivity contribution in [2.24, 2.45) is 0 Å². The second-order valence-electron chi connectivity index (χ2n) is 10.00. The third kappa shape index (κ3) is 4.55. The monoisotopic (exact) mass is 510 g/mol. The number of nitrogens with one attached hydrogen (secondary N) is 1. The fourth-order valence-electron chi connectivity index (χ4n) is 5.46. The molecule has 4 heterocycles. The smallest absolute Gasteiger partial charge is 0.336 e. The van der Waals surface area contributed by atoms with E-state index in [4.69, 9.17) is 9.72 Å². The van der Waals surface area contributed by atoms with E-state index in [1.807, 2.05) is 42.5 Å². The number of hydrogen-bond donors (Lipinski definition) is 1. The molecule has 2 aliphatic heterocycles. The Balaban J connectivity index is 1.41. The molecule has 2 unspecified atom stereocenters. The summed E-state index contributed by atoms with van der Waals surface area (Å²) >= 11 is 0. The third-order valence-corrected chi connectivity index (χ3v) is 7.56. The van der Waals surface area contributed by atoms with Crippen LogP contribution in [-0.2, 0) is 0 Å². The molecule has 4 aromatic rings. The SMILES string of the molecule is CN1CCCC1COc1nc(N2CCNC(CC#N)C2)c2ncc(C(=O)c3cccc4ccccc34)n2n1. The molecule has 38 heavy (non-hydrogen) atoms. The summed E-state index contributed by atoms with van der Waals surface area (Å²) in [6.45, 7) is 3.53. The molecular weight excluding hydrogens is 480 g/mol. The highest BCUT2D eigenvalue weighted by Gasteiger charge is 2.28. The number of nitrogens with zero attached hydrogens (tertiary/aromatic N) is 7. The molecule has 0 saturated carbocycles. The number of ether oxygens (including phenoxy) is 1. The molecule has 2 aromatic carbocycles. The van der Waals surface area contributed by atoms with Crippen LogP contribution in [0, 0.1) is 11.3 Å². The minimum Gasteiger partial charge on any atom is -0.461 e. The Kier molecular flexibility index (Phi) is 6.62. The number of nitriles is 1. The predicted molar refractivity (Wildman–Crippen MR) is 144 cm³/mol. The second kappa shape index (κ2) is 10.4. The maximum absolute atomic E-state index is 13.9. The summed E-state index contributed by atoms with van der Waals surface area (Å²) in [6, 6.07) is 16.4. The van der Waals surface area contributed by atoms with Crippen LogP contribution in [0.5, 0.6) is 6.01 Å². The van der Waals surface area contributed by atoms with Gasteiger partial charge in [0, 0.05) is 37.3 Å². The van der Waals surface area contributed by atoms with E-state index in [0.717, 1.165) is 30.2 Å². The van der Waals surface area contributed by atoms with Gasteiger partial charge in [0.05, 0.1) is 18.7 Å². The zero-order chi connectivity index (χ0) is 26.1. The number of carbonyl (C=O) groups excluding carboxylic acids is 1. The molecule has 10 nitrogen and oxygen atoms in total. The van der Waals surface area contributed by atoms with Crippen LogP contribution in [0.2, 0.25) is 0 Å². The minimum atomic E-state index is -0.164. The van der Waals surface area contributed by atoms with Crippen LogP contribution in [-0.4, -0.2) is 82.2 Å². The van der Waals surface area contributed by atoms with Gasteiger partial charge in [0.15, 0.2) is 11.5 Å². The van der Waals surface area contributed by atoms with Crippen LogP contribution < -0.4 is 15.0 Å². The van der Waals surface area contributed by atoms with Gasteiger partial charge in [0.25, 0.3) is 0 Å². The van der Waals surface area contributed by atoms with E-state index >= 15 is 0 Å². The summed E-state index contributed by atoms with van der Waals surface area (Å²) in [5, 5.41) is 19.1. The maximum atomic E-state index is 13.9. The van der Waals surface area contributed by atoms with Gasteiger partial charge in [-0.1, -0.05) is 42.5 Å². The van der Waals surface area contributed by atoms with Gasteiger partial charge < -0.3 is 19.9 Å². The van der Waals surface area contributed by atoms with Crippen molar-refractivity contribution in [2.75, 3.05) is 44.7 Å². The van der Waals surface area contributed by atoms with Crippen molar-refractivity contribution >= 4 is 28.0 Å². The Morgan fingerprint density at radius 1 is 1.21 bits per heavy atom. The van der Waals surface area contributed by atoms with E-state index < -0.39 is 0 Å². The van der Waals surface area contributed by atoms with Crippen molar-refractivity contribution in [3.05, 3.63) is 59.9 Å². The van der Waals surface area contributed by atoms with Gasteiger partial charge in [-0.25, -0.2) is 9.50 Å². The number of benzene rings is 2. The van der Waals surface area contributed by atoms with Crippen LogP contribution in [0.3, 0.4) is 0 Å². The number of fused-ring (bicyclic) bond motifs is 2. The number of likely N-dealkylation sites (tertiary alicyclic amines) is 1. The number of piperazine rings is 1. The molecule has 2 aliphatic rings. The normalized spacial score (nSPS) is 20.2. The molecule has 0 amide bonds. The Labute approximate surface area is 220 Å². The van der Waals surface area contributed by atoms with E-state index in [2.05, 4.69) is 38.3 Å². The zero-order valence-corrected chi connectivity index (χ0v) is 21.4. The molecule has 2 aromatic heterocycles. The molecule has 2 atom stereocenters. The lowest BCUT2D eigenvalue weighted by molar-refractivity contribution is 0.103. The topological polar surface area (TPSA) is 112 Å². The fraction of sp³-hybridized carbons (Fsp3) is 0.393. The molecule has 0 aliphatic carbocycles. The van der Waals surface area contributed by atoms with E-state index in [-0.39, 0.29) is 17.8 Å². The summed E-state index contributed by atoms with van der Waals surface area (Å²) in [5.41, 5.74) is 1.44. The van der Waals surface area contributed by atoms with E-state index in [0.29, 0.717) is 61.4 Å². The Morgan fingerprint density at radius 2 is 2.08 bits per heavy atom. The Morgan fingerprint density at radius 3 is 2.92 bits per heavy atom. The van der Waals surface area contributed by atoms with E-state index in [1.165, 1.54) is 0 Å². The average molecular weight is 511 g/mol. The number of hydrogen-bond acceptors (Lipinski definition) is 9. The van der Waals surface area contributed by atoms with Crippen LogP contribution in [0.25, 0.3) is 16.4 Å². The van der Waals surface area contributed by atoms with Crippen LogP contribution in [0.1, 0.15) is 35.3 Å². The zero-order valence-electron chi connectivity index (χ0n) is 21.4. The summed E-state index contributed by atoms with van der Waals surface area (Å²) in [7, 11) is 2.10. The molecule has 2 saturated heterocycles. The molecule has 6 rings (SSSR count). The first-order valence-corrected chi connectivity index (χ1v) is 13.1. The third-order valence-electron chi connectivity index (χ3n) is 7.56. The van der Waals surface area contributed by atoms with Crippen molar-refractivity contribution < 1.29 is 9.53 Å². The lowest BCUT2D eigenvalue weighted by Gasteiger charge is -2.33.